The Morgan fingerprint density at radius 2 is 2.50 bits per heavy atom. The lowest BCUT2D eigenvalue weighted by Crippen LogP contribution is -2.35. The largest absolute Gasteiger partial charge is 0.374 e. The van der Waals surface area contributed by atoms with Gasteiger partial charge >= 0.3 is 0 Å². The van der Waals surface area contributed by atoms with Crippen LogP contribution in [0.15, 0.2) is 4.34 Å². The molecule has 0 aromatic carbocycles. The summed E-state index contributed by atoms with van der Waals surface area (Å²) >= 11 is 4.57. The monoisotopic (exact) mass is 276 g/mol. The maximum absolute atomic E-state index is 11.6. The first-order chi connectivity index (χ1) is 7.74. The zero-order chi connectivity index (χ0) is 11.4. The first-order valence-electron chi connectivity index (χ1n) is 4.83. The Labute approximate surface area is 106 Å². The number of nitrogen functional groups attached to an aromatic ring is 1. The van der Waals surface area contributed by atoms with Crippen molar-refractivity contribution < 1.29 is 4.79 Å². The Hall–Kier alpha value is -0.470. The summed E-state index contributed by atoms with van der Waals surface area (Å²) in [5, 5.41) is 11.0. The first-order valence-corrected chi connectivity index (χ1v) is 7.78. The third kappa shape index (κ3) is 3.53. The van der Waals surface area contributed by atoms with Gasteiger partial charge in [0.2, 0.25) is 11.0 Å². The van der Waals surface area contributed by atoms with Crippen LogP contribution in [0.4, 0.5) is 5.13 Å². The van der Waals surface area contributed by atoms with Gasteiger partial charge in [-0.3, -0.25) is 4.79 Å². The Morgan fingerprint density at radius 1 is 1.62 bits per heavy atom. The topological polar surface area (TPSA) is 80.9 Å². The van der Waals surface area contributed by atoms with E-state index in [9.17, 15) is 4.79 Å². The van der Waals surface area contributed by atoms with Crippen LogP contribution >= 0.6 is 34.9 Å². The van der Waals surface area contributed by atoms with Crippen molar-refractivity contribution in [2.45, 2.75) is 16.8 Å². The second-order valence-electron chi connectivity index (χ2n) is 3.32. The lowest BCUT2D eigenvalue weighted by molar-refractivity contribution is -0.119. The van der Waals surface area contributed by atoms with Gasteiger partial charge < -0.3 is 11.1 Å². The molecule has 1 aromatic rings. The van der Waals surface area contributed by atoms with E-state index in [0.29, 0.717) is 16.9 Å². The third-order valence-electron chi connectivity index (χ3n) is 2.04. The molecule has 1 aromatic heterocycles. The Balaban J connectivity index is 1.71. The van der Waals surface area contributed by atoms with Crippen molar-refractivity contribution in [2.75, 3.05) is 23.0 Å². The molecule has 1 amide bonds. The molecule has 88 valence electrons. The number of nitrogens with two attached hydrogens (primary N) is 1. The molecule has 2 rings (SSSR count). The lowest BCUT2D eigenvalue weighted by Gasteiger charge is -2.09. The maximum Gasteiger partial charge on any atom is 0.230 e. The number of aromatic nitrogens is 2. The van der Waals surface area contributed by atoms with E-state index < -0.39 is 0 Å². The van der Waals surface area contributed by atoms with E-state index in [1.54, 1.807) is 0 Å². The number of thioether (sulfide) groups is 2. The van der Waals surface area contributed by atoms with Crippen molar-refractivity contribution in [1.82, 2.24) is 15.5 Å². The van der Waals surface area contributed by atoms with Crippen LogP contribution in [0.3, 0.4) is 0 Å². The summed E-state index contributed by atoms with van der Waals surface area (Å²) in [5.74, 6) is 2.62. The molecule has 16 heavy (non-hydrogen) atoms. The van der Waals surface area contributed by atoms with Gasteiger partial charge in [0, 0.05) is 11.8 Å². The van der Waals surface area contributed by atoms with Crippen LogP contribution in [0.2, 0.25) is 0 Å². The summed E-state index contributed by atoms with van der Waals surface area (Å²) < 4.78 is 0.744. The van der Waals surface area contributed by atoms with Crippen LogP contribution in [0, 0.1) is 0 Å². The van der Waals surface area contributed by atoms with E-state index >= 15 is 0 Å². The molecule has 1 aliphatic rings. The molecule has 0 bridgehead atoms. The summed E-state index contributed by atoms with van der Waals surface area (Å²) in [5.41, 5.74) is 5.45. The van der Waals surface area contributed by atoms with Gasteiger partial charge in [0.1, 0.15) is 0 Å². The highest BCUT2D eigenvalue weighted by Crippen LogP contribution is 2.23. The Morgan fingerprint density at radius 3 is 3.12 bits per heavy atom. The van der Waals surface area contributed by atoms with Gasteiger partial charge in [0.05, 0.1) is 5.75 Å². The van der Waals surface area contributed by atoms with E-state index in [1.165, 1.54) is 23.1 Å². The highest BCUT2D eigenvalue weighted by Gasteiger charge is 2.17. The molecule has 0 aliphatic carbocycles. The Bertz CT molecular complexity index is 364. The average Bonchev–Trinajstić information content (AvgIpc) is 2.87. The first kappa shape index (κ1) is 12.0. The highest BCUT2D eigenvalue weighted by molar-refractivity contribution is 8.01. The van der Waals surface area contributed by atoms with Crippen molar-refractivity contribution in [3.05, 3.63) is 0 Å². The predicted octanol–water partition coefficient (Wildman–Crippen LogP) is 0.834. The molecule has 0 saturated carbocycles. The van der Waals surface area contributed by atoms with Crippen LogP contribution in [0.25, 0.3) is 0 Å². The molecule has 0 radical (unpaired) electrons. The number of hydrogen-bond donors (Lipinski definition) is 2. The fourth-order valence-electron chi connectivity index (χ4n) is 1.32. The van der Waals surface area contributed by atoms with E-state index in [-0.39, 0.29) is 5.91 Å². The number of hydrogen-bond acceptors (Lipinski definition) is 7. The number of nitrogens with one attached hydrogen (secondary N) is 1. The van der Waals surface area contributed by atoms with E-state index in [0.717, 1.165) is 22.3 Å². The molecule has 3 N–H and O–H groups in total. The summed E-state index contributed by atoms with van der Waals surface area (Å²) in [6, 6.07) is 0.345. The van der Waals surface area contributed by atoms with Crippen molar-refractivity contribution in [1.29, 1.82) is 0 Å². The molecule has 1 fully saturated rings. The lowest BCUT2D eigenvalue weighted by atomic mass is 10.3. The molecule has 0 spiro atoms. The van der Waals surface area contributed by atoms with Gasteiger partial charge in [-0.1, -0.05) is 23.1 Å². The average molecular weight is 276 g/mol. The van der Waals surface area contributed by atoms with E-state index in [1.807, 2.05) is 11.8 Å². The smallest absolute Gasteiger partial charge is 0.230 e. The van der Waals surface area contributed by atoms with Gasteiger partial charge in [0.25, 0.3) is 0 Å². The molecule has 8 heteroatoms. The zero-order valence-electron chi connectivity index (χ0n) is 8.51. The van der Waals surface area contributed by atoms with Crippen LogP contribution in [-0.2, 0) is 4.79 Å². The van der Waals surface area contributed by atoms with Gasteiger partial charge in [-0.15, -0.1) is 10.2 Å². The fraction of sp³-hybridized carbons (Fsp3) is 0.625. The molecule has 1 aliphatic heterocycles. The Kier molecular flexibility index (Phi) is 4.30. The second kappa shape index (κ2) is 5.74. The second-order valence-corrected chi connectivity index (χ2v) is 6.70. The van der Waals surface area contributed by atoms with Crippen LogP contribution in [-0.4, -0.2) is 39.4 Å². The minimum Gasteiger partial charge on any atom is -0.374 e. The minimum atomic E-state index is 0.0614. The number of amides is 1. The zero-order valence-corrected chi connectivity index (χ0v) is 11.0. The van der Waals surface area contributed by atoms with Crippen LogP contribution in [0.5, 0.6) is 0 Å². The van der Waals surface area contributed by atoms with Crippen molar-refractivity contribution in [2.24, 2.45) is 0 Å². The number of nitrogens with zero attached hydrogens (tertiary/aromatic N) is 2. The maximum atomic E-state index is 11.6. The molecule has 5 nitrogen and oxygen atoms in total. The fourth-order valence-corrected chi connectivity index (χ4v) is 3.92. The quantitative estimate of drug-likeness (QED) is 0.793. The van der Waals surface area contributed by atoms with Crippen LogP contribution in [0.1, 0.15) is 6.42 Å². The van der Waals surface area contributed by atoms with E-state index in [2.05, 4.69) is 15.5 Å². The normalized spacial score (nSPS) is 19.9. The van der Waals surface area contributed by atoms with Gasteiger partial charge in [0.15, 0.2) is 4.34 Å². The van der Waals surface area contributed by atoms with Crippen LogP contribution < -0.4 is 11.1 Å². The van der Waals surface area contributed by atoms with E-state index in [4.69, 9.17) is 5.73 Å². The molecular formula is C8H12N4OS3. The molecule has 2 heterocycles. The summed E-state index contributed by atoms with van der Waals surface area (Å²) in [4.78, 5) is 11.6. The molecule has 1 saturated heterocycles. The number of carbonyl (C=O) groups excluding carboxylic acids is 1. The van der Waals surface area contributed by atoms with Gasteiger partial charge in [-0.25, -0.2) is 0 Å². The summed E-state index contributed by atoms with van der Waals surface area (Å²) in [6.07, 6.45) is 1.08. The van der Waals surface area contributed by atoms with Crippen molar-refractivity contribution in [3.8, 4) is 0 Å². The number of carbonyl (C=O) groups is 1. The predicted molar refractivity (Wildman–Crippen MR) is 68.9 cm³/mol. The SMILES string of the molecule is Nc1nnc(SCC(=O)N[C@H]2CCSC2)s1. The molecule has 1 atom stereocenters. The summed E-state index contributed by atoms with van der Waals surface area (Å²) in [6.45, 7) is 0. The van der Waals surface area contributed by atoms with Gasteiger partial charge in [-0.2, -0.15) is 11.8 Å². The standard InChI is InChI=1S/C8H12N4OS3/c9-7-11-12-8(16-7)15-4-6(13)10-5-1-2-14-3-5/h5H,1-4H2,(H2,9,11)(H,10,13)/t5-/m0/s1. The number of rotatable bonds is 4. The third-order valence-corrected chi connectivity index (χ3v) is 5.09. The van der Waals surface area contributed by atoms with Crippen molar-refractivity contribution in [3.63, 3.8) is 0 Å². The van der Waals surface area contributed by atoms with Gasteiger partial charge in [-0.05, 0) is 12.2 Å². The minimum absolute atomic E-state index is 0.0614. The summed E-state index contributed by atoms with van der Waals surface area (Å²) in [7, 11) is 0. The van der Waals surface area contributed by atoms with Crippen molar-refractivity contribution >= 4 is 45.9 Å². The highest BCUT2D eigenvalue weighted by atomic mass is 32.2. The molecule has 0 unspecified atom stereocenters. The number of anilines is 1. The molecular weight excluding hydrogens is 264 g/mol.